The minimum atomic E-state index is -0.148. The number of nitrogens with one attached hydrogen (secondary N) is 1. The second-order valence-electron chi connectivity index (χ2n) is 9.12. The molecular formula is C25H29N5O3S2. The summed E-state index contributed by atoms with van der Waals surface area (Å²) < 4.78 is 13.4. The minimum Gasteiger partial charge on any atom is -0.469 e. The van der Waals surface area contributed by atoms with Gasteiger partial charge in [-0.2, -0.15) is 5.26 Å². The van der Waals surface area contributed by atoms with Crippen LogP contribution in [0.25, 0.3) is 11.4 Å². The summed E-state index contributed by atoms with van der Waals surface area (Å²) in [5, 5.41) is 22.9. The van der Waals surface area contributed by atoms with Crippen molar-refractivity contribution in [2.24, 2.45) is 5.92 Å². The lowest BCUT2D eigenvalue weighted by atomic mass is 9.86. The van der Waals surface area contributed by atoms with Gasteiger partial charge in [0, 0.05) is 11.5 Å². The van der Waals surface area contributed by atoms with E-state index in [0.717, 1.165) is 67.8 Å². The van der Waals surface area contributed by atoms with Crippen molar-refractivity contribution in [1.29, 1.82) is 5.26 Å². The van der Waals surface area contributed by atoms with Crippen LogP contribution in [0.15, 0.2) is 21.9 Å². The second kappa shape index (κ2) is 10.6. The maximum atomic E-state index is 12.9. The van der Waals surface area contributed by atoms with Crippen LogP contribution in [0.1, 0.15) is 54.4 Å². The molecule has 35 heavy (non-hydrogen) atoms. The van der Waals surface area contributed by atoms with Crippen LogP contribution >= 0.6 is 23.1 Å². The zero-order chi connectivity index (χ0) is 24.4. The third kappa shape index (κ3) is 5.03. The molecule has 1 fully saturated rings. The van der Waals surface area contributed by atoms with E-state index >= 15 is 0 Å². The molecule has 5 rings (SSSR count). The number of thiophene rings is 1. The topological polar surface area (TPSA) is 106 Å². The number of rotatable bonds is 8. The van der Waals surface area contributed by atoms with Crippen molar-refractivity contribution >= 4 is 34.0 Å². The van der Waals surface area contributed by atoms with Gasteiger partial charge >= 0.3 is 0 Å². The Kier molecular flexibility index (Phi) is 7.27. The van der Waals surface area contributed by atoms with Gasteiger partial charge in [-0.05, 0) is 56.6 Å². The normalized spacial score (nSPS) is 19.5. The summed E-state index contributed by atoms with van der Waals surface area (Å²) in [4.78, 5) is 14.1. The molecule has 0 aromatic carbocycles. The van der Waals surface area contributed by atoms with Crippen LogP contribution in [0.4, 0.5) is 5.00 Å². The average Bonchev–Trinajstić information content (AvgIpc) is 3.65. The number of hydrogen-bond acceptors (Lipinski definition) is 8. The lowest BCUT2D eigenvalue weighted by Gasteiger charge is -2.20. The van der Waals surface area contributed by atoms with Crippen LogP contribution in [0, 0.1) is 24.2 Å². The number of aromatic nitrogens is 3. The summed E-state index contributed by atoms with van der Waals surface area (Å²) in [6.45, 7) is 5.51. The summed E-state index contributed by atoms with van der Waals surface area (Å²) in [6, 6.07) is 4.22. The number of fused-ring (bicyclic) bond motifs is 1. The molecule has 3 aromatic heterocycles. The first-order valence-corrected chi connectivity index (χ1v) is 13.9. The number of nitrogens with zero attached hydrogens (tertiary/aromatic N) is 4. The van der Waals surface area contributed by atoms with Crippen molar-refractivity contribution in [2.45, 2.75) is 70.2 Å². The fraction of sp³-hybridized carbons (Fsp3) is 0.520. The number of ether oxygens (including phenoxy) is 1. The lowest BCUT2D eigenvalue weighted by molar-refractivity contribution is -0.113. The maximum Gasteiger partial charge on any atom is 0.235 e. The smallest absolute Gasteiger partial charge is 0.235 e. The number of thioether (sulfide) groups is 1. The van der Waals surface area contributed by atoms with E-state index in [2.05, 4.69) is 28.5 Å². The molecule has 2 unspecified atom stereocenters. The minimum absolute atomic E-state index is 0.104. The number of carbonyl (C=O) groups is 1. The molecule has 0 saturated carbocycles. The average molecular weight is 512 g/mol. The molecular weight excluding hydrogens is 482 g/mol. The summed E-state index contributed by atoms with van der Waals surface area (Å²) in [7, 11) is 0. The fourth-order valence-corrected chi connectivity index (χ4v) is 6.95. The molecule has 1 saturated heterocycles. The highest BCUT2D eigenvalue weighted by molar-refractivity contribution is 7.99. The number of anilines is 1. The molecule has 8 nitrogen and oxygen atoms in total. The lowest BCUT2D eigenvalue weighted by Crippen LogP contribution is -2.18. The number of nitriles is 1. The van der Waals surface area contributed by atoms with Crippen LogP contribution in [-0.4, -0.2) is 39.1 Å². The first kappa shape index (κ1) is 24.1. The highest BCUT2D eigenvalue weighted by Gasteiger charge is 2.27. The molecule has 2 aliphatic rings. The van der Waals surface area contributed by atoms with E-state index in [1.807, 2.05) is 17.6 Å². The molecule has 184 valence electrons. The standard InChI is InChI=1S/C25H29N5O3S2/c1-3-16-6-7-19-20(12-26)24(35-21(19)11-16)27-22(31)14-34-25-29-28-23(18-8-10-32-15(18)2)30(25)13-17-5-4-9-33-17/h8,10,16-17H,3-7,9,11,13-14H2,1-2H3,(H,27,31). The Balaban J connectivity index is 1.30. The van der Waals surface area contributed by atoms with Crippen LogP contribution in [0.3, 0.4) is 0 Å². The molecule has 2 atom stereocenters. The fourth-order valence-electron chi connectivity index (χ4n) is 4.87. The molecule has 1 aliphatic heterocycles. The van der Waals surface area contributed by atoms with Crippen molar-refractivity contribution in [3.63, 3.8) is 0 Å². The van der Waals surface area contributed by atoms with Crippen molar-refractivity contribution in [3.8, 4) is 17.5 Å². The van der Waals surface area contributed by atoms with Crippen molar-refractivity contribution < 1.29 is 13.9 Å². The molecule has 1 amide bonds. The molecule has 10 heteroatoms. The Bertz CT molecular complexity index is 1250. The number of aryl methyl sites for hydroxylation is 1. The predicted molar refractivity (Wildman–Crippen MR) is 136 cm³/mol. The SMILES string of the molecule is CCC1CCc2c(sc(NC(=O)CSc3nnc(-c4ccoc4C)n3CC3CCCO3)c2C#N)C1. The first-order chi connectivity index (χ1) is 17.1. The van der Waals surface area contributed by atoms with Gasteiger partial charge in [-0.1, -0.05) is 25.1 Å². The van der Waals surface area contributed by atoms with E-state index in [-0.39, 0.29) is 17.8 Å². The highest BCUT2D eigenvalue weighted by atomic mass is 32.2. The molecule has 0 bridgehead atoms. The van der Waals surface area contributed by atoms with Crippen molar-refractivity contribution in [2.75, 3.05) is 17.7 Å². The predicted octanol–water partition coefficient (Wildman–Crippen LogP) is 5.20. The Morgan fingerprint density at radius 2 is 2.29 bits per heavy atom. The van der Waals surface area contributed by atoms with Crippen molar-refractivity contribution in [1.82, 2.24) is 14.8 Å². The summed E-state index contributed by atoms with van der Waals surface area (Å²) >= 11 is 2.91. The van der Waals surface area contributed by atoms with Gasteiger partial charge in [0.1, 0.15) is 16.8 Å². The summed E-state index contributed by atoms with van der Waals surface area (Å²) in [5.74, 6) is 2.19. The largest absolute Gasteiger partial charge is 0.469 e. The first-order valence-electron chi connectivity index (χ1n) is 12.1. The van der Waals surface area contributed by atoms with Gasteiger partial charge in [0.15, 0.2) is 11.0 Å². The van der Waals surface area contributed by atoms with Crippen molar-refractivity contribution in [3.05, 3.63) is 34.1 Å². The molecule has 1 N–H and O–H groups in total. The molecule has 4 heterocycles. The zero-order valence-electron chi connectivity index (χ0n) is 20.0. The maximum absolute atomic E-state index is 12.9. The molecule has 0 radical (unpaired) electrons. The van der Waals surface area contributed by atoms with Crippen LogP contribution in [0.2, 0.25) is 0 Å². The number of furan rings is 1. The quantitative estimate of drug-likeness (QED) is 0.414. The summed E-state index contributed by atoms with van der Waals surface area (Å²) in [6.07, 6.45) is 7.95. The molecule has 1 aliphatic carbocycles. The summed E-state index contributed by atoms with van der Waals surface area (Å²) in [5.41, 5.74) is 2.65. The van der Waals surface area contributed by atoms with Gasteiger partial charge in [0.05, 0.1) is 35.8 Å². The third-order valence-electron chi connectivity index (χ3n) is 6.87. The molecule has 0 spiro atoms. The van der Waals surface area contributed by atoms with E-state index in [1.165, 1.54) is 16.6 Å². The third-order valence-corrected chi connectivity index (χ3v) is 9.01. The van der Waals surface area contributed by atoms with Gasteiger partial charge in [-0.15, -0.1) is 21.5 Å². The Morgan fingerprint density at radius 3 is 3.00 bits per heavy atom. The highest BCUT2D eigenvalue weighted by Crippen LogP contribution is 2.40. The monoisotopic (exact) mass is 511 g/mol. The second-order valence-corrected chi connectivity index (χ2v) is 11.2. The number of amides is 1. The number of carbonyl (C=O) groups excluding carboxylic acids is 1. The van der Waals surface area contributed by atoms with Crippen LogP contribution < -0.4 is 5.32 Å². The van der Waals surface area contributed by atoms with Gasteiger partial charge in [0.2, 0.25) is 5.91 Å². The van der Waals surface area contributed by atoms with E-state index in [9.17, 15) is 10.1 Å². The van der Waals surface area contributed by atoms with Gasteiger partial charge in [0.25, 0.3) is 0 Å². The van der Waals surface area contributed by atoms with E-state index in [1.54, 1.807) is 17.6 Å². The van der Waals surface area contributed by atoms with Gasteiger partial charge < -0.3 is 14.5 Å². The van der Waals surface area contributed by atoms with Crippen LogP contribution in [0.5, 0.6) is 0 Å². The Morgan fingerprint density at radius 1 is 1.40 bits per heavy atom. The zero-order valence-corrected chi connectivity index (χ0v) is 21.6. The van der Waals surface area contributed by atoms with E-state index in [4.69, 9.17) is 9.15 Å². The number of hydrogen-bond donors (Lipinski definition) is 1. The van der Waals surface area contributed by atoms with E-state index < -0.39 is 0 Å². The van der Waals surface area contributed by atoms with Gasteiger partial charge in [-0.3, -0.25) is 9.36 Å². The Hall–Kier alpha value is -2.61. The van der Waals surface area contributed by atoms with Gasteiger partial charge in [-0.25, -0.2) is 0 Å². The van der Waals surface area contributed by atoms with Crippen LogP contribution in [-0.2, 0) is 28.9 Å². The van der Waals surface area contributed by atoms with E-state index in [0.29, 0.717) is 28.2 Å². The Labute approximate surface area is 213 Å². The molecule has 3 aromatic rings.